The number of carbonyl (C=O) groups excluding carboxylic acids is 2. The van der Waals surface area contributed by atoms with Crippen LogP contribution < -0.4 is 10.6 Å². The highest BCUT2D eigenvalue weighted by Gasteiger charge is 2.57. The Balaban J connectivity index is 1.51. The number of piperidine rings is 1. The van der Waals surface area contributed by atoms with Gasteiger partial charge in [0, 0.05) is 13.1 Å². The van der Waals surface area contributed by atoms with Gasteiger partial charge in [0.25, 0.3) is 5.91 Å². The van der Waals surface area contributed by atoms with Crippen molar-refractivity contribution in [3.05, 3.63) is 34.5 Å². The largest absolute Gasteiger partial charge is 0.434 e. The Morgan fingerprint density at radius 3 is 2.54 bits per heavy atom. The molecule has 2 saturated heterocycles. The van der Waals surface area contributed by atoms with Crippen molar-refractivity contribution in [2.75, 3.05) is 24.5 Å². The lowest BCUT2D eigenvalue weighted by molar-refractivity contribution is -0.124. The van der Waals surface area contributed by atoms with Crippen molar-refractivity contribution < 1.29 is 18.7 Å². The summed E-state index contributed by atoms with van der Waals surface area (Å²) in [5.74, 6) is -0.561. The van der Waals surface area contributed by atoms with Crippen LogP contribution in [0.1, 0.15) is 11.5 Å². The first-order chi connectivity index (χ1) is 11.5. The first-order valence-electron chi connectivity index (χ1n) is 7.64. The number of nitroso groups, excluding NO2 is 1. The van der Waals surface area contributed by atoms with Crippen molar-refractivity contribution in [2.24, 2.45) is 22.9 Å². The second kappa shape index (κ2) is 5.15. The number of carbonyl (C=O) groups is 2. The summed E-state index contributed by atoms with van der Waals surface area (Å²) in [6.07, 6.45) is -1.74. The topological polar surface area (TPSA) is 105 Å². The van der Waals surface area contributed by atoms with Crippen molar-refractivity contribution in [3.63, 3.8) is 0 Å². The zero-order chi connectivity index (χ0) is 17.0. The third-order valence-electron chi connectivity index (χ3n) is 5.07. The molecule has 4 rings (SSSR count). The molecule has 24 heavy (non-hydrogen) atoms. The summed E-state index contributed by atoms with van der Waals surface area (Å²) in [7, 11) is 0. The molecule has 0 aromatic heterocycles. The van der Waals surface area contributed by atoms with E-state index >= 15 is 0 Å². The second-order valence-electron chi connectivity index (χ2n) is 6.40. The third kappa shape index (κ3) is 2.19. The number of amides is 2. The van der Waals surface area contributed by atoms with Gasteiger partial charge < -0.3 is 10.5 Å². The highest BCUT2D eigenvalue weighted by molar-refractivity contribution is 5.95. The molecule has 4 atom stereocenters. The Kier molecular flexibility index (Phi) is 3.19. The van der Waals surface area contributed by atoms with Crippen molar-refractivity contribution in [1.29, 1.82) is 0 Å². The fourth-order valence-corrected chi connectivity index (χ4v) is 3.81. The first kappa shape index (κ1) is 14.9. The minimum Gasteiger partial charge on any atom is -0.434 e. The molecular weight excluding hydrogens is 319 g/mol. The van der Waals surface area contributed by atoms with Gasteiger partial charge in [0.05, 0.1) is 17.5 Å². The minimum atomic E-state index is -1.02. The predicted octanol–water partition coefficient (Wildman–Crippen LogP) is 0.963. The SMILES string of the molecule is NC(=O)[C@H]1CN(c2ccc([C@H]3[C@@H]4CN(N=O)C[C@@H]43)c(F)c2)C(=O)O1. The van der Waals surface area contributed by atoms with Crippen molar-refractivity contribution in [3.8, 4) is 0 Å². The van der Waals surface area contributed by atoms with Crippen LogP contribution in [-0.2, 0) is 9.53 Å². The molecule has 2 N–H and O–H groups in total. The summed E-state index contributed by atoms with van der Waals surface area (Å²) in [6, 6.07) is 4.55. The smallest absolute Gasteiger partial charge is 0.415 e. The normalized spacial score (nSPS) is 31.0. The number of halogens is 1. The molecule has 3 fully saturated rings. The van der Waals surface area contributed by atoms with Crippen LogP contribution in [0.15, 0.2) is 23.5 Å². The molecule has 2 amide bonds. The summed E-state index contributed by atoms with van der Waals surface area (Å²) in [5.41, 5.74) is 6.03. The number of benzene rings is 1. The molecule has 9 heteroatoms. The van der Waals surface area contributed by atoms with Crippen LogP contribution >= 0.6 is 0 Å². The highest BCUT2D eigenvalue weighted by Crippen LogP contribution is 2.58. The minimum absolute atomic E-state index is 0.0262. The highest BCUT2D eigenvalue weighted by atomic mass is 19.1. The van der Waals surface area contributed by atoms with E-state index in [1.807, 2.05) is 0 Å². The van der Waals surface area contributed by atoms with E-state index in [-0.39, 0.29) is 24.3 Å². The number of anilines is 1. The molecule has 1 aromatic carbocycles. The number of hydrogen-bond donors (Lipinski definition) is 1. The van der Waals surface area contributed by atoms with Crippen LogP contribution in [0.3, 0.4) is 0 Å². The first-order valence-corrected chi connectivity index (χ1v) is 7.64. The van der Waals surface area contributed by atoms with Gasteiger partial charge in [-0.05, 0) is 35.4 Å². The molecule has 0 bridgehead atoms. The van der Waals surface area contributed by atoms with E-state index in [1.54, 1.807) is 12.1 Å². The van der Waals surface area contributed by atoms with Crippen LogP contribution in [0.2, 0.25) is 0 Å². The quantitative estimate of drug-likeness (QED) is 0.826. The van der Waals surface area contributed by atoms with Crippen LogP contribution in [0, 0.1) is 22.6 Å². The Bertz CT molecular complexity index is 730. The molecule has 126 valence electrons. The number of fused-ring (bicyclic) bond motifs is 1. The molecule has 0 unspecified atom stereocenters. The summed E-state index contributed by atoms with van der Waals surface area (Å²) in [4.78, 5) is 34.6. The molecule has 3 aliphatic rings. The molecule has 2 aliphatic heterocycles. The molecule has 8 nitrogen and oxygen atoms in total. The van der Waals surface area contributed by atoms with Gasteiger partial charge in [-0.1, -0.05) is 6.07 Å². The fraction of sp³-hybridized carbons (Fsp3) is 0.467. The molecule has 1 aromatic rings. The fourth-order valence-electron chi connectivity index (χ4n) is 3.81. The van der Waals surface area contributed by atoms with Gasteiger partial charge >= 0.3 is 6.09 Å². The lowest BCUT2D eigenvalue weighted by Crippen LogP contribution is -2.32. The van der Waals surface area contributed by atoms with E-state index in [9.17, 15) is 18.9 Å². The number of nitrogens with two attached hydrogens (primary N) is 1. The summed E-state index contributed by atoms with van der Waals surface area (Å²) < 4.78 is 19.3. The molecule has 2 heterocycles. The maximum atomic E-state index is 14.5. The molecule has 1 saturated carbocycles. The number of hydrogen-bond acceptors (Lipinski definition) is 5. The van der Waals surface area contributed by atoms with E-state index in [1.165, 1.54) is 16.0 Å². The Morgan fingerprint density at radius 2 is 2.00 bits per heavy atom. The van der Waals surface area contributed by atoms with E-state index in [4.69, 9.17) is 10.5 Å². The van der Waals surface area contributed by atoms with Gasteiger partial charge in [0.1, 0.15) is 5.82 Å². The third-order valence-corrected chi connectivity index (χ3v) is 5.07. The van der Waals surface area contributed by atoms with Crippen LogP contribution in [0.5, 0.6) is 0 Å². The standard InChI is InChI=1S/C15H15FN4O4/c16-11-3-7(20-6-12(14(17)21)24-15(20)22)1-2-8(11)13-9-4-19(18-23)5-10(9)13/h1-3,9-10,12-13H,4-6H2,(H2,17,21)/t9-,10+,12-,13+/m1/s1. The van der Waals surface area contributed by atoms with Crippen LogP contribution in [-0.4, -0.2) is 42.7 Å². The zero-order valence-corrected chi connectivity index (χ0v) is 12.6. The number of cyclic esters (lactones) is 1. The predicted molar refractivity (Wildman–Crippen MR) is 80.3 cm³/mol. The average Bonchev–Trinajstić information content (AvgIpc) is 2.90. The Labute approximate surface area is 136 Å². The maximum absolute atomic E-state index is 14.5. The molecule has 0 spiro atoms. The van der Waals surface area contributed by atoms with Gasteiger partial charge in [0.15, 0.2) is 6.10 Å². The van der Waals surface area contributed by atoms with E-state index in [2.05, 4.69) is 5.29 Å². The lowest BCUT2D eigenvalue weighted by atomic mass is 10.1. The maximum Gasteiger partial charge on any atom is 0.415 e. The second-order valence-corrected chi connectivity index (χ2v) is 6.40. The van der Waals surface area contributed by atoms with Crippen molar-refractivity contribution in [2.45, 2.75) is 12.0 Å². The Morgan fingerprint density at radius 1 is 1.29 bits per heavy atom. The summed E-state index contributed by atoms with van der Waals surface area (Å²) in [5, 5.41) is 4.37. The number of nitrogens with zero attached hydrogens (tertiary/aromatic N) is 3. The van der Waals surface area contributed by atoms with Crippen molar-refractivity contribution >= 4 is 17.7 Å². The molecule has 1 aliphatic carbocycles. The van der Waals surface area contributed by atoms with Crippen molar-refractivity contribution in [1.82, 2.24) is 5.01 Å². The summed E-state index contributed by atoms with van der Waals surface area (Å²) in [6.45, 7) is 1.08. The molecule has 0 radical (unpaired) electrons. The van der Waals surface area contributed by atoms with Crippen LogP contribution in [0.4, 0.5) is 14.9 Å². The van der Waals surface area contributed by atoms with Crippen LogP contribution in [0.25, 0.3) is 0 Å². The number of primary amides is 1. The van der Waals surface area contributed by atoms with Gasteiger partial charge in [0.2, 0.25) is 0 Å². The van der Waals surface area contributed by atoms with E-state index in [0.29, 0.717) is 24.3 Å². The lowest BCUT2D eigenvalue weighted by Gasteiger charge is -2.16. The monoisotopic (exact) mass is 334 g/mol. The molecular formula is C15H15FN4O4. The number of ether oxygens (including phenoxy) is 1. The van der Waals surface area contributed by atoms with Gasteiger partial charge in [-0.2, -0.15) is 0 Å². The van der Waals surface area contributed by atoms with Gasteiger partial charge in [-0.15, -0.1) is 4.91 Å². The van der Waals surface area contributed by atoms with Gasteiger partial charge in [-0.3, -0.25) is 14.7 Å². The van der Waals surface area contributed by atoms with E-state index < -0.39 is 23.9 Å². The summed E-state index contributed by atoms with van der Waals surface area (Å²) >= 11 is 0. The Hall–Kier alpha value is -2.71. The van der Waals surface area contributed by atoms with E-state index in [0.717, 1.165) is 0 Å². The van der Waals surface area contributed by atoms with Gasteiger partial charge in [-0.25, -0.2) is 9.18 Å². The average molecular weight is 334 g/mol. The zero-order valence-electron chi connectivity index (χ0n) is 12.6. The number of rotatable bonds is 4.